The Bertz CT molecular complexity index is 284. The fourth-order valence-corrected chi connectivity index (χ4v) is 0.755. The number of hydrogen-bond acceptors (Lipinski definition) is 2. The van der Waals surface area contributed by atoms with Crippen LogP contribution in [0.2, 0.25) is 0 Å². The molecule has 0 aliphatic heterocycles. The summed E-state index contributed by atoms with van der Waals surface area (Å²) in [6.07, 6.45) is 0. The van der Waals surface area contributed by atoms with Crippen LogP contribution in [0.1, 0.15) is 20.7 Å². The molecule has 0 amide bonds. The van der Waals surface area contributed by atoms with Gasteiger partial charge in [-0.05, 0) is 24.3 Å². The monoisotopic (exact) mass is 229 g/mol. The summed E-state index contributed by atoms with van der Waals surface area (Å²) in [5, 5.41) is 16.9. The van der Waals surface area contributed by atoms with Crippen molar-refractivity contribution in [3.05, 3.63) is 35.4 Å². The molecule has 0 unspecified atom stereocenters. The fourth-order valence-electron chi connectivity index (χ4n) is 0.755. The second-order valence-corrected chi connectivity index (χ2v) is 2.19. The van der Waals surface area contributed by atoms with Crippen LogP contribution >= 0.6 is 0 Å². The average Bonchev–Trinajstić information content (AvgIpc) is 2.04. The molecule has 0 atom stereocenters. The Hall–Kier alpha value is -1.32. The van der Waals surface area contributed by atoms with Crippen LogP contribution in [0.15, 0.2) is 24.3 Å². The molecule has 0 bridgehead atoms. The third-order valence-electron chi connectivity index (χ3n) is 1.38. The molecule has 2 N–H and O–H groups in total. The van der Waals surface area contributed by atoms with Gasteiger partial charge < -0.3 is 10.2 Å². The van der Waals surface area contributed by atoms with Gasteiger partial charge in [-0.3, -0.25) is 0 Å². The molecule has 1 aromatic carbocycles. The standard InChI is InChI=1S/C8H6O4.Cu/c9-7(10)5-1-2-6(4-3-5)8(11)12;/h1-4H,(H,9,10)(H,11,12);. The van der Waals surface area contributed by atoms with Crippen molar-refractivity contribution >= 4 is 11.9 Å². The Morgan fingerprint density at radius 3 is 1.23 bits per heavy atom. The van der Waals surface area contributed by atoms with Crippen LogP contribution in [0.4, 0.5) is 0 Å². The fraction of sp³-hybridized carbons (Fsp3) is 0. The van der Waals surface area contributed by atoms with Crippen molar-refractivity contribution in [3.63, 3.8) is 0 Å². The molecule has 0 aliphatic rings. The van der Waals surface area contributed by atoms with Gasteiger partial charge in [-0.1, -0.05) is 0 Å². The van der Waals surface area contributed by atoms with Crippen molar-refractivity contribution in [2.75, 3.05) is 0 Å². The first kappa shape index (κ1) is 11.7. The number of aromatic carboxylic acids is 2. The summed E-state index contributed by atoms with van der Waals surface area (Å²) >= 11 is 0. The van der Waals surface area contributed by atoms with Crippen LogP contribution in [0.5, 0.6) is 0 Å². The zero-order chi connectivity index (χ0) is 9.14. The van der Waals surface area contributed by atoms with Crippen molar-refractivity contribution in [2.24, 2.45) is 0 Å². The summed E-state index contributed by atoms with van der Waals surface area (Å²) in [4.78, 5) is 20.7. The van der Waals surface area contributed by atoms with E-state index in [-0.39, 0.29) is 28.2 Å². The van der Waals surface area contributed by atoms with E-state index in [0.717, 1.165) is 0 Å². The molecular weight excluding hydrogens is 224 g/mol. The summed E-state index contributed by atoms with van der Waals surface area (Å²) < 4.78 is 0. The van der Waals surface area contributed by atoms with E-state index in [9.17, 15) is 9.59 Å². The minimum Gasteiger partial charge on any atom is -0.478 e. The van der Waals surface area contributed by atoms with Crippen LogP contribution in [-0.2, 0) is 17.1 Å². The predicted molar refractivity (Wildman–Crippen MR) is 40.4 cm³/mol. The Labute approximate surface area is 84.7 Å². The molecule has 0 aromatic heterocycles. The maximum Gasteiger partial charge on any atom is 0.335 e. The molecule has 0 saturated carbocycles. The summed E-state index contributed by atoms with van der Waals surface area (Å²) in [7, 11) is 0. The Kier molecular flexibility index (Phi) is 4.17. The molecule has 0 heterocycles. The molecule has 73 valence electrons. The van der Waals surface area contributed by atoms with E-state index in [4.69, 9.17) is 10.2 Å². The van der Waals surface area contributed by atoms with Gasteiger partial charge in [0.05, 0.1) is 11.1 Å². The molecule has 1 aromatic rings. The van der Waals surface area contributed by atoms with Gasteiger partial charge in [-0.15, -0.1) is 0 Å². The zero-order valence-electron chi connectivity index (χ0n) is 6.32. The maximum absolute atomic E-state index is 10.3. The Morgan fingerprint density at radius 1 is 0.846 bits per heavy atom. The van der Waals surface area contributed by atoms with Crippen molar-refractivity contribution in [1.29, 1.82) is 0 Å². The van der Waals surface area contributed by atoms with Gasteiger partial charge in [0.1, 0.15) is 0 Å². The molecule has 1 rings (SSSR count). The molecule has 1 radical (unpaired) electrons. The first-order chi connectivity index (χ1) is 5.61. The average molecular weight is 230 g/mol. The van der Waals surface area contributed by atoms with Crippen LogP contribution in [0.3, 0.4) is 0 Å². The number of carboxylic acid groups (broad SMARTS) is 2. The zero-order valence-corrected chi connectivity index (χ0v) is 7.26. The second kappa shape index (κ2) is 4.64. The van der Waals surface area contributed by atoms with Gasteiger partial charge in [-0.25, -0.2) is 9.59 Å². The van der Waals surface area contributed by atoms with Crippen molar-refractivity contribution in [2.45, 2.75) is 0 Å². The molecule has 4 nitrogen and oxygen atoms in total. The van der Waals surface area contributed by atoms with Crippen molar-refractivity contribution < 1.29 is 36.9 Å². The van der Waals surface area contributed by atoms with Gasteiger partial charge in [-0.2, -0.15) is 0 Å². The van der Waals surface area contributed by atoms with Gasteiger partial charge in [0.25, 0.3) is 0 Å². The predicted octanol–water partition coefficient (Wildman–Crippen LogP) is 1.08. The van der Waals surface area contributed by atoms with E-state index < -0.39 is 11.9 Å². The molecule has 0 saturated heterocycles. The number of carbonyl (C=O) groups is 2. The minimum atomic E-state index is -1.06. The molecule has 0 aliphatic carbocycles. The molecule has 13 heavy (non-hydrogen) atoms. The molecule has 0 spiro atoms. The van der Waals surface area contributed by atoms with Crippen molar-refractivity contribution in [1.82, 2.24) is 0 Å². The van der Waals surface area contributed by atoms with E-state index in [2.05, 4.69) is 0 Å². The van der Waals surface area contributed by atoms with Gasteiger partial charge >= 0.3 is 11.9 Å². The van der Waals surface area contributed by atoms with Crippen molar-refractivity contribution in [3.8, 4) is 0 Å². The van der Waals surface area contributed by atoms with Crippen LogP contribution in [0.25, 0.3) is 0 Å². The normalized spacial score (nSPS) is 8.62. The summed E-state index contributed by atoms with van der Waals surface area (Å²) in [5.41, 5.74) is 0.167. The number of benzene rings is 1. The third kappa shape index (κ3) is 2.89. The van der Waals surface area contributed by atoms with E-state index in [0.29, 0.717) is 0 Å². The summed E-state index contributed by atoms with van der Waals surface area (Å²) in [5.74, 6) is -2.13. The van der Waals surface area contributed by atoms with E-state index >= 15 is 0 Å². The van der Waals surface area contributed by atoms with Crippen LogP contribution < -0.4 is 0 Å². The third-order valence-corrected chi connectivity index (χ3v) is 1.38. The van der Waals surface area contributed by atoms with Gasteiger partial charge in [0.15, 0.2) is 0 Å². The SMILES string of the molecule is O=C(O)c1ccc(C(=O)O)cc1.[Cu]. The largest absolute Gasteiger partial charge is 0.478 e. The molecule has 0 fully saturated rings. The van der Waals surface area contributed by atoms with Crippen LogP contribution in [0, 0.1) is 0 Å². The Balaban J connectivity index is 0.00000144. The molecule has 5 heteroatoms. The first-order valence-corrected chi connectivity index (χ1v) is 3.18. The Morgan fingerprint density at radius 2 is 1.08 bits per heavy atom. The molecular formula is C8H6CuO4. The first-order valence-electron chi connectivity index (χ1n) is 3.18. The van der Waals surface area contributed by atoms with E-state index in [1.54, 1.807) is 0 Å². The summed E-state index contributed by atoms with van der Waals surface area (Å²) in [6, 6.07) is 5.02. The quantitative estimate of drug-likeness (QED) is 0.745. The van der Waals surface area contributed by atoms with E-state index in [1.807, 2.05) is 0 Å². The topological polar surface area (TPSA) is 74.6 Å². The minimum absolute atomic E-state index is 0. The summed E-state index contributed by atoms with van der Waals surface area (Å²) in [6.45, 7) is 0. The number of carboxylic acids is 2. The number of rotatable bonds is 2. The number of hydrogen-bond donors (Lipinski definition) is 2. The van der Waals surface area contributed by atoms with Gasteiger partial charge in [0, 0.05) is 17.1 Å². The maximum atomic E-state index is 10.3. The second-order valence-electron chi connectivity index (χ2n) is 2.19. The van der Waals surface area contributed by atoms with Crippen LogP contribution in [-0.4, -0.2) is 22.2 Å². The smallest absolute Gasteiger partial charge is 0.335 e. The van der Waals surface area contributed by atoms with E-state index in [1.165, 1.54) is 24.3 Å². The van der Waals surface area contributed by atoms with Gasteiger partial charge in [0.2, 0.25) is 0 Å².